The van der Waals surface area contributed by atoms with Crippen LogP contribution in [0, 0.1) is 0 Å². The van der Waals surface area contributed by atoms with Gasteiger partial charge in [-0.05, 0) is 12.1 Å². The topological polar surface area (TPSA) is 12.9 Å². The van der Waals surface area contributed by atoms with E-state index in [0.717, 1.165) is 11.3 Å². The lowest BCUT2D eigenvalue weighted by molar-refractivity contribution is 1.28. The van der Waals surface area contributed by atoms with Crippen molar-refractivity contribution in [3.05, 3.63) is 47.5 Å². The van der Waals surface area contributed by atoms with E-state index >= 15 is 0 Å². The summed E-state index contributed by atoms with van der Waals surface area (Å²) in [5.41, 5.74) is 5.13. The molecule has 1 heterocycles. The molecule has 0 amide bonds. The Bertz CT molecular complexity index is 355. The molecule has 0 unspecified atom stereocenters. The van der Waals surface area contributed by atoms with Crippen molar-refractivity contribution in [1.29, 1.82) is 0 Å². The summed E-state index contributed by atoms with van der Waals surface area (Å²) in [4.78, 5) is 4.19. The van der Waals surface area contributed by atoms with Gasteiger partial charge in [0.15, 0.2) is 0 Å². The fourth-order valence-electron chi connectivity index (χ4n) is 1.03. The largest absolute Gasteiger partial charge is 0.256 e. The summed E-state index contributed by atoms with van der Waals surface area (Å²) < 4.78 is 0. The minimum absolute atomic E-state index is 0.984. The van der Waals surface area contributed by atoms with Gasteiger partial charge >= 0.3 is 0 Å². The molecule has 1 aliphatic rings. The maximum atomic E-state index is 4.19. The van der Waals surface area contributed by atoms with Crippen LogP contribution in [0.2, 0.25) is 0 Å². The number of allylic oxidation sites excluding steroid dienone is 2. The van der Waals surface area contributed by atoms with Gasteiger partial charge in [0, 0.05) is 17.8 Å². The summed E-state index contributed by atoms with van der Waals surface area (Å²) in [5, 5.41) is 0. The van der Waals surface area contributed by atoms with Crippen molar-refractivity contribution in [2.75, 3.05) is 0 Å². The summed E-state index contributed by atoms with van der Waals surface area (Å²) in [6, 6.07) is 3.97. The smallest absolute Gasteiger partial charge is 0.0778 e. The molecule has 1 nitrogen and oxygen atoms in total. The Morgan fingerprint density at radius 2 is 2.36 bits per heavy atom. The highest BCUT2D eigenvalue weighted by Crippen LogP contribution is 2.10. The molecule has 1 aliphatic carbocycles. The number of pyridine rings is 1. The van der Waals surface area contributed by atoms with Crippen LogP contribution in [-0.4, -0.2) is 4.98 Å². The van der Waals surface area contributed by atoms with Crippen LogP contribution in [0.5, 0.6) is 0 Å². The molecule has 0 radical (unpaired) electrons. The Labute approximate surface area is 65.4 Å². The highest BCUT2D eigenvalue weighted by atomic mass is 14.7. The third-order valence-corrected chi connectivity index (χ3v) is 1.56. The maximum Gasteiger partial charge on any atom is 0.0778 e. The first-order valence-electron chi connectivity index (χ1n) is 3.51. The molecule has 1 heteroatoms. The van der Waals surface area contributed by atoms with E-state index in [0.29, 0.717) is 0 Å². The molecule has 0 aromatic carbocycles. The number of aromatic nitrogens is 1. The lowest BCUT2D eigenvalue weighted by atomic mass is 10.2. The predicted octanol–water partition coefficient (Wildman–Crippen LogP) is 2.28. The minimum Gasteiger partial charge on any atom is -0.256 e. The Balaban J connectivity index is 2.67. The first-order chi connectivity index (χ1) is 5.47. The summed E-state index contributed by atoms with van der Waals surface area (Å²) >= 11 is 0. The van der Waals surface area contributed by atoms with Crippen LogP contribution in [0.3, 0.4) is 0 Å². The van der Waals surface area contributed by atoms with Crippen molar-refractivity contribution in [1.82, 2.24) is 4.98 Å². The van der Waals surface area contributed by atoms with Crippen molar-refractivity contribution < 1.29 is 0 Å². The molecule has 0 saturated carbocycles. The van der Waals surface area contributed by atoms with Crippen LogP contribution in [0.25, 0.3) is 12.2 Å². The lowest BCUT2D eigenvalue weighted by Crippen LogP contribution is -1.82. The summed E-state index contributed by atoms with van der Waals surface area (Å²) in [6.07, 6.45) is 9.54. The zero-order valence-electron chi connectivity index (χ0n) is 5.99. The average Bonchev–Trinajstić information content (AvgIpc) is 2.28. The van der Waals surface area contributed by atoms with Crippen LogP contribution >= 0.6 is 0 Å². The van der Waals surface area contributed by atoms with Crippen LogP contribution in [0.4, 0.5) is 0 Å². The highest BCUT2D eigenvalue weighted by molar-refractivity contribution is 5.64. The summed E-state index contributed by atoms with van der Waals surface area (Å²) in [7, 11) is 0. The minimum atomic E-state index is 0.984. The van der Waals surface area contributed by atoms with E-state index in [2.05, 4.69) is 10.7 Å². The monoisotopic (exact) mass is 141 g/mol. The van der Waals surface area contributed by atoms with E-state index in [4.69, 9.17) is 0 Å². The average molecular weight is 141 g/mol. The highest BCUT2D eigenvalue weighted by Gasteiger charge is 1.95. The summed E-state index contributed by atoms with van der Waals surface area (Å²) in [5.74, 6) is 0. The molecule has 52 valence electrons. The number of nitrogens with zero attached hydrogens (tertiary/aromatic N) is 1. The Hall–Kier alpha value is -1.59. The Kier molecular flexibility index (Phi) is 1.43. The molecule has 0 fully saturated rings. The normalized spacial score (nSPS) is 12.7. The standard InChI is InChI=1S/C10H7N/c1-2-5-9-6-4-8-11-10(9)7-3-1/h1-2,4-8H. The number of hydrogen-bond donors (Lipinski definition) is 0. The van der Waals surface area contributed by atoms with E-state index < -0.39 is 0 Å². The molecule has 0 N–H and O–H groups in total. The van der Waals surface area contributed by atoms with Crippen molar-refractivity contribution in [3.63, 3.8) is 0 Å². The van der Waals surface area contributed by atoms with Gasteiger partial charge in [-0.25, -0.2) is 0 Å². The van der Waals surface area contributed by atoms with E-state index in [-0.39, 0.29) is 0 Å². The van der Waals surface area contributed by atoms with Gasteiger partial charge < -0.3 is 0 Å². The van der Waals surface area contributed by atoms with Gasteiger partial charge in [0.25, 0.3) is 0 Å². The van der Waals surface area contributed by atoms with Gasteiger partial charge in [-0.1, -0.05) is 18.2 Å². The molecular formula is C10H7N. The second-order valence-corrected chi connectivity index (χ2v) is 2.31. The van der Waals surface area contributed by atoms with Crippen molar-refractivity contribution in [2.24, 2.45) is 0 Å². The Morgan fingerprint density at radius 3 is 3.36 bits per heavy atom. The van der Waals surface area contributed by atoms with Crippen molar-refractivity contribution >= 4 is 12.2 Å². The van der Waals surface area contributed by atoms with Crippen molar-refractivity contribution in [2.45, 2.75) is 0 Å². The van der Waals surface area contributed by atoms with Crippen LogP contribution < -0.4 is 0 Å². The molecule has 0 spiro atoms. The third-order valence-electron chi connectivity index (χ3n) is 1.56. The lowest BCUT2D eigenvalue weighted by Gasteiger charge is -1.94. The zero-order valence-corrected chi connectivity index (χ0v) is 5.99. The van der Waals surface area contributed by atoms with E-state index in [1.54, 1.807) is 6.20 Å². The van der Waals surface area contributed by atoms with Crippen molar-refractivity contribution in [3.8, 4) is 0 Å². The first kappa shape index (κ1) is 6.14. The molecule has 0 bridgehead atoms. The van der Waals surface area contributed by atoms with Crippen LogP contribution in [0.1, 0.15) is 11.3 Å². The summed E-state index contributed by atoms with van der Waals surface area (Å²) in [6.45, 7) is 0. The molecule has 0 saturated heterocycles. The fourth-order valence-corrected chi connectivity index (χ4v) is 1.03. The number of fused-ring (bicyclic) bond motifs is 1. The molecule has 2 rings (SSSR count). The molecular weight excluding hydrogens is 134 g/mol. The molecule has 0 atom stereocenters. The van der Waals surface area contributed by atoms with E-state index in [1.165, 1.54) is 0 Å². The van der Waals surface area contributed by atoms with Crippen LogP contribution in [0.15, 0.2) is 36.2 Å². The van der Waals surface area contributed by atoms with Gasteiger partial charge in [-0.15, -0.1) is 5.73 Å². The molecule has 1 aromatic heterocycles. The quantitative estimate of drug-likeness (QED) is 0.505. The van der Waals surface area contributed by atoms with Crippen LogP contribution in [-0.2, 0) is 0 Å². The van der Waals surface area contributed by atoms with Gasteiger partial charge in [-0.3, -0.25) is 4.98 Å². The van der Waals surface area contributed by atoms with E-state index in [1.807, 2.05) is 36.4 Å². The second kappa shape index (κ2) is 2.57. The van der Waals surface area contributed by atoms with Gasteiger partial charge in [0.05, 0.1) is 5.69 Å². The number of rotatable bonds is 0. The fraction of sp³-hybridized carbons (Fsp3) is 0. The first-order valence-corrected chi connectivity index (χ1v) is 3.51. The molecule has 11 heavy (non-hydrogen) atoms. The SMILES string of the molecule is C1=CC=Cc2cccnc2C=1. The Morgan fingerprint density at radius 1 is 1.36 bits per heavy atom. The second-order valence-electron chi connectivity index (χ2n) is 2.31. The maximum absolute atomic E-state index is 4.19. The predicted molar refractivity (Wildman–Crippen MR) is 45.8 cm³/mol. The van der Waals surface area contributed by atoms with Gasteiger partial charge in [0.1, 0.15) is 0 Å². The molecule has 1 aromatic rings. The van der Waals surface area contributed by atoms with Gasteiger partial charge in [-0.2, -0.15) is 0 Å². The van der Waals surface area contributed by atoms with Gasteiger partial charge in [0.2, 0.25) is 0 Å². The number of hydrogen-bond acceptors (Lipinski definition) is 1. The zero-order chi connectivity index (χ0) is 7.52. The third kappa shape index (κ3) is 1.14. The van der Waals surface area contributed by atoms with E-state index in [9.17, 15) is 0 Å². The molecule has 0 aliphatic heterocycles.